The smallest absolute Gasteiger partial charge is 0.462 e. The molecule has 0 aliphatic heterocycles. The fraction of sp³-hybridized carbons (Fsp3) is 0.951. The summed E-state index contributed by atoms with van der Waals surface area (Å²) < 4.78 is 68.7. The number of hydrogen-bond donors (Lipinski definition) is 3. The molecule has 100 heavy (non-hydrogen) atoms. The lowest BCUT2D eigenvalue weighted by Crippen LogP contribution is -2.30. The Bertz CT molecular complexity index is 1960. The van der Waals surface area contributed by atoms with Gasteiger partial charge in [-0.2, -0.15) is 0 Å². The number of esters is 4. The van der Waals surface area contributed by atoms with Gasteiger partial charge in [0.2, 0.25) is 0 Å². The SMILES string of the molecule is CCC(C)CCCCCCCCCCCCC(=O)OC[C@H](COP(=O)(O)OCC(O)COP(=O)(O)OC[C@@H](COC(=O)CCCCCCCCC(C)C)OC(=O)CCCCCCCCCCCCCCCCCCCCC(C)C)OC(=O)CCCCCCCCCCCCCCCC(C)C. The van der Waals surface area contributed by atoms with Gasteiger partial charge < -0.3 is 33.8 Å². The molecule has 0 aromatic carbocycles. The van der Waals surface area contributed by atoms with Gasteiger partial charge in [-0.3, -0.25) is 37.3 Å². The predicted molar refractivity (Wildman–Crippen MR) is 409 cm³/mol. The fourth-order valence-corrected chi connectivity index (χ4v) is 14.0. The van der Waals surface area contributed by atoms with Crippen molar-refractivity contribution in [2.75, 3.05) is 39.6 Å². The lowest BCUT2D eigenvalue weighted by molar-refractivity contribution is -0.161. The summed E-state index contributed by atoms with van der Waals surface area (Å²) in [6.07, 6.45) is 57.0. The van der Waals surface area contributed by atoms with E-state index in [4.69, 9.17) is 37.0 Å². The number of rotatable bonds is 78. The molecule has 0 aromatic rings. The van der Waals surface area contributed by atoms with Crippen LogP contribution in [-0.4, -0.2) is 96.7 Å². The van der Waals surface area contributed by atoms with Crippen LogP contribution in [0.2, 0.25) is 0 Å². The Kier molecular flexibility index (Phi) is 68.7. The summed E-state index contributed by atoms with van der Waals surface area (Å²) in [5.41, 5.74) is 0. The molecule has 0 rings (SSSR count). The number of carbonyl (C=O) groups excluding carboxylic acids is 4. The molecule has 0 saturated heterocycles. The molecule has 17 nitrogen and oxygen atoms in total. The average molecular weight is 1470 g/mol. The van der Waals surface area contributed by atoms with Crippen molar-refractivity contribution in [2.24, 2.45) is 23.7 Å². The molecule has 19 heteroatoms. The van der Waals surface area contributed by atoms with Crippen LogP contribution in [0.15, 0.2) is 0 Å². The maximum absolute atomic E-state index is 13.1. The summed E-state index contributed by atoms with van der Waals surface area (Å²) in [6, 6.07) is 0. The van der Waals surface area contributed by atoms with Crippen LogP contribution in [0, 0.1) is 23.7 Å². The molecule has 0 heterocycles. The van der Waals surface area contributed by atoms with Gasteiger partial charge in [0.05, 0.1) is 26.4 Å². The van der Waals surface area contributed by atoms with Crippen molar-refractivity contribution in [3.05, 3.63) is 0 Å². The Morgan fingerprint density at radius 3 is 0.710 bits per heavy atom. The second-order valence-electron chi connectivity index (χ2n) is 30.8. The zero-order chi connectivity index (χ0) is 73.8. The van der Waals surface area contributed by atoms with E-state index < -0.39 is 97.5 Å². The Hall–Kier alpha value is -1.94. The maximum atomic E-state index is 13.1. The molecule has 0 bridgehead atoms. The van der Waals surface area contributed by atoms with Gasteiger partial charge >= 0.3 is 39.5 Å². The standard InChI is InChI=1S/C81H158O17P2/c1-9-74(8)60-52-44-35-29-25-26-30-36-45-53-61-78(83)91-67-76(97-80(85)64-56-48-38-32-24-20-16-18-22-28-34-42-50-58-72(4)5)69-95-99(87,88)93-65-75(82)66-94-100(89,90)96-70-77(68-92-79(84)62-54-46-40-39-43-51-59-73(6)7)98-81(86)63-55-47-37-31-23-19-15-13-11-10-12-14-17-21-27-33-41-49-57-71(2)3/h71-77,82H,9-70H2,1-8H3,(H,87,88)(H,89,90)/t74?,75?,76-,77-/m1/s1. The number of aliphatic hydroxyl groups is 1. The minimum atomic E-state index is -4.96. The van der Waals surface area contributed by atoms with E-state index in [9.17, 15) is 43.2 Å². The highest BCUT2D eigenvalue weighted by Gasteiger charge is 2.30. The van der Waals surface area contributed by atoms with Crippen LogP contribution in [0.5, 0.6) is 0 Å². The Balaban J connectivity index is 5.20. The summed E-state index contributed by atoms with van der Waals surface area (Å²) in [5, 5.41) is 10.6. The van der Waals surface area contributed by atoms with Crippen LogP contribution in [0.25, 0.3) is 0 Å². The number of aliphatic hydroxyl groups excluding tert-OH is 1. The zero-order valence-electron chi connectivity index (χ0n) is 65.8. The van der Waals surface area contributed by atoms with Gasteiger partial charge in [-0.1, -0.05) is 364 Å². The van der Waals surface area contributed by atoms with E-state index in [1.165, 1.54) is 212 Å². The first kappa shape index (κ1) is 98.1. The topological polar surface area (TPSA) is 237 Å². The molecule has 0 spiro atoms. The maximum Gasteiger partial charge on any atom is 0.472 e. The summed E-state index contributed by atoms with van der Waals surface area (Å²) in [7, 11) is -9.92. The van der Waals surface area contributed by atoms with Crippen molar-refractivity contribution in [1.29, 1.82) is 0 Å². The first-order valence-electron chi connectivity index (χ1n) is 41.7. The monoisotopic (exact) mass is 1470 g/mol. The highest BCUT2D eigenvalue weighted by Crippen LogP contribution is 2.45. The molecule has 0 saturated carbocycles. The molecule has 594 valence electrons. The van der Waals surface area contributed by atoms with E-state index in [-0.39, 0.29) is 25.7 Å². The first-order valence-corrected chi connectivity index (χ1v) is 44.7. The highest BCUT2D eigenvalue weighted by atomic mass is 31.2. The first-order chi connectivity index (χ1) is 48.1. The third kappa shape index (κ3) is 73.0. The molecule has 6 atom stereocenters. The van der Waals surface area contributed by atoms with Crippen LogP contribution in [0.1, 0.15) is 415 Å². The third-order valence-corrected chi connectivity index (χ3v) is 21.1. The van der Waals surface area contributed by atoms with Crippen LogP contribution >= 0.6 is 15.6 Å². The van der Waals surface area contributed by atoms with Gasteiger partial charge in [-0.05, 0) is 49.4 Å². The quantitative estimate of drug-likeness (QED) is 0.0222. The number of hydrogen-bond acceptors (Lipinski definition) is 15. The largest absolute Gasteiger partial charge is 0.472 e. The number of ether oxygens (including phenoxy) is 4. The fourth-order valence-electron chi connectivity index (χ4n) is 12.4. The van der Waals surface area contributed by atoms with Gasteiger partial charge in [0.1, 0.15) is 19.3 Å². The van der Waals surface area contributed by atoms with Gasteiger partial charge in [-0.25, -0.2) is 9.13 Å². The molecule has 0 aliphatic carbocycles. The molecule has 4 unspecified atom stereocenters. The normalized spacial score (nSPS) is 14.3. The van der Waals surface area contributed by atoms with E-state index in [0.717, 1.165) is 114 Å². The van der Waals surface area contributed by atoms with Crippen LogP contribution in [0.4, 0.5) is 0 Å². The summed E-state index contributed by atoms with van der Waals surface area (Å²) in [4.78, 5) is 73.0. The molecular formula is C81H158O17P2. The highest BCUT2D eigenvalue weighted by molar-refractivity contribution is 7.47. The summed E-state index contributed by atoms with van der Waals surface area (Å²) in [5.74, 6) is 0.979. The molecular weight excluding hydrogens is 1310 g/mol. The van der Waals surface area contributed by atoms with E-state index >= 15 is 0 Å². The van der Waals surface area contributed by atoms with Crippen molar-refractivity contribution >= 4 is 39.5 Å². The van der Waals surface area contributed by atoms with Gasteiger partial charge in [0.25, 0.3) is 0 Å². The summed E-state index contributed by atoms with van der Waals surface area (Å²) in [6.45, 7) is 14.2. The van der Waals surface area contributed by atoms with Crippen molar-refractivity contribution in [3.63, 3.8) is 0 Å². The van der Waals surface area contributed by atoms with Gasteiger partial charge in [0, 0.05) is 25.7 Å². The molecule has 0 aliphatic rings. The van der Waals surface area contributed by atoms with E-state index in [1.54, 1.807) is 0 Å². The second-order valence-corrected chi connectivity index (χ2v) is 33.7. The molecule has 0 aromatic heterocycles. The number of unbranched alkanes of at least 4 members (excludes halogenated alkanes) is 43. The lowest BCUT2D eigenvalue weighted by atomic mass is 9.99. The van der Waals surface area contributed by atoms with Crippen molar-refractivity contribution in [2.45, 2.75) is 433 Å². The molecule has 3 N–H and O–H groups in total. The number of carbonyl (C=O) groups is 4. The minimum Gasteiger partial charge on any atom is -0.462 e. The third-order valence-electron chi connectivity index (χ3n) is 19.2. The Morgan fingerprint density at radius 2 is 0.480 bits per heavy atom. The average Bonchev–Trinajstić information content (AvgIpc) is 0.971. The van der Waals surface area contributed by atoms with Crippen molar-refractivity contribution in [3.8, 4) is 0 Å². The summed E-state index contributed by atoms with van der Waals surface area (Å²) >= 11 is 0. The van der Waals surface area contributed by atoms with Gasteiger partial charge in [-0.15, -0.1) is 0 Å². The van der Waals surface area contributed by atoms with Crippen LogP contribution in [0.3, 0.4) is 0 Å². The van der Waals surface area contributed by atoms with Crippen molar-refractivity contribution in [1.82, 2.24) is 0 Å². The molecule has 0 radical (unpaired) electrons. The van der Waals surface area contributed by atoms with Gasteiger partial charge in [0.15, 0.2) is 12.2 Å². The van der Waals surface area contributed by atoms with E-state index in [1.807, 2.05) is 0 Å². The Labute approximate surface area is 613 Å². The Morgan fingerprint density at radius 1 is 0.280 bits per heavy atom. The van der Waals surface area contributed by atoms with Crippen LogP contribution < -0.4 is 0 Å². The molecule has 0 amide bonds. The molecule has 0 fully saturated rings. The predicted octanol–water partition coefficient (Wildman–Crippen LogP) is 24.0. The van der Waals surface area contributed by atoms with E-state index in [0.29, 0.717) is 31.6 Å². The van der Waals surface area contributed by atoms with E-state index in [2.05, 4.69) is 55.4 Å². The number of phosphoric ester groups is 2. The lowest BCUT2D eigenvalue weighted by Gasteiger charge is -2.21. The minimum absolute atomic E-state index is 0.107. The zero-order valence-corrected chi connectivity index (χ0v) is 67.6. The van der Waals surface area contributed by atoms with Crippen molar-refractivity contribution < 1.29 is 80.2 Å². The second kappa shape index (κ2) is 70.1. The number of phosphoric acid groups is 2. The van der Waals surface area contributed by atoms with Crippen LogP contribution in [-0.2, 0) is 65.4 Å².